The molecule has 2 rings (SSSR count). The van der Waals surface area contributed by atoms with Gasteiger partial charge >= 0.3 is 0 Å². The van der Waals surface area contributed by atoms with E-state index < -0.39 is 5.60 Å². The fourth-order valence-corrected chi connectivity index (χ4v) is 3.86. The van der Waals surface area contributed by atoms with Crippen LogP contribution in [0.2, 0.25) is 0 Å². The molecule has 2 aliphatic heterocycles. The van der Waals surface area contributed by atoms with Gasteiger partial charge in [-0.15, -0.1) is 0 Å². The fraction of sp³-hybridized carbons (Fsp3) is 1.00. The summed E-state index contributed by atoms with van der Waals surface area (Å²) in [4.78, 5) is 2.56. The second kappa shape index (κ2) is 5.34. The van der Waals surface area contributed by atoms with E-state index in [0.717, 1.165) is 6.54 Å². The van der Waals surface area contributed by atoms with Crippen LogP contribution in [0, 0.1) is 5.92 Å². The van der Waals surface area contributed by atoms with Gasteiger partial charge in [-0.3, -0.25) is 0 Å². The third kappa shape index (κ3) is 3.14. The van der Waals surface area contributed by atoms with Gasteiger partial charge in [-0.2, -0.15) is 0 Å². The number of aliphatic hydroxyl groups is 1. The second-order valence-electron chi connectivity index (χ2n) is 7.55. The van der Waals surface area contributed by atoms with Crippen molar-refractivity contribution in [1.82, 2.24) is 4.90 Å². The fourth-order valence-electron chi connectivity index (χ4n) is 3.86. The van der Waals surface area contributed by atoms with Crippen LogP contribution < -0.4 is 0 Å². The smallest absolute Gasteiger partial charge is 0.0896 e. The molecule has 3 atom stereocenters. The lowest BCUT2D eigenvalue weighted by Crippen LogP contribution is -2.46. The van der Waals surface area contributed by atoms with Crippen LogP contribution in [0.25, 0.3) is 0 Å². The third-order valence-corrected chi connectivity index (χ3v) is 5.13. The number of hydrogen-bond acceptors (Lipinski definition) is 3. The van der Waals surface area contributed by atoms with Crippen LogP contribution in [-0.4, -0.2) is 46.4 Å². The van der Waals surface area contributed by atoms with Crippen molar-refractivity contribution < 1.29 is 9.84 Å². The molecule has 19 heavy (non-hydrogen) atoms. The third-order valence-electron chi connectivity index (χ3n) is 5.13. The first-order valence-corrected chi connectivity index (χ1v) is 7.86. The number of aliphatic hydroxyl groups excluding tert-OH is 1. The number of likely N-dealkylation sites (tertiary alicyclic amines) is 1. The van der Waals surface area contributed by atoms with Crippen molar-refractivity contribution in [3.8, 4) is 0 Å². The van der Waals surface area contributed by atoms with E-state index in [-0.39, 0.29) is 17.6 Å². The van der Waals surface area contributed by atoms with Crippen molar-refractivity contribution in [1.29, 1.82) is 0 Å². The maximum absolute atomic E-state index is 10.6. The average Bonchev–Trinajstić information content (AvgIpc) is 2.46. The lowest BCUT2D eigenvalue weighted by atomic mass is 9.84. The molecular weight excluding hydrogens is 238 g/mol. The molecule has 0 aromatic rings. The molecule has 2 aliphatic rings. The minimum absolute atomic E-state index is 0.197. The van der Waals surface area contributed by atoms with Crippen LogP contribution in [-0.2, 0) is 4.74 Å². The van der Waals surface area contributed by atoms with Crippen molar-refractivity contribution in [3.63, 3.8) is 0 Å². The molecule has 0 bridgehead atoms. The summed E-state index contributed by atoms with van der Waals surface area (Å²) in [6, 6.07) is 0.634. The molecule has 0 aliphatic carbocycles. The van der Waals surface area contributed by atoms with Crippen LogP contribution in [0.1, 0.15) is 60.3 Å². The Morgan fingerprint density at radius 3 is 2.37 bits per heavy atom. The first-order chi connectivity index (χ1) is 8.74. The summed E-state index contributed by atoms with van der Waals surface area (Å²) in [6.07, 6.45) is 4.89. The molecule has 0 aromatic heterocycles. The van der Waals surface area contributed by atoms with Crippen molar-refractivity contribution in [3.05, 3.63) is 0 Å². The maximum Gasteiger partial charge on any atom is 0.0896 e. The average molecular weight is 269 g/mol. The molecule has 3 unspecified atom stereocenters. The van der Waals surface area contributed by atoms with E-state index >= 15 is 0 Å². The van der Waals surface area contributed by atoms with Gasteiger partial charge in [0.05, 0.1) is 17.3 Å². The monoisotopic (exact) mass is 269 g/mol. The van der Waals surface area contributed by atoms with Gasteiger partial charge in [-0.25, -0.2) is 0 Å². The van der Waals surface area contributed by atoms with Crippen molar-refractivity contribution in [2.24, 2.45) is 5.92 Å². The molecule has 0 amide bonds. The molecule has 0 radical (unpaired) electrons. The Balaban J connectivity index is 2.08. The molecule has 0 saturated carbocycles. The zero-order valence-corrected chi connectivity index (χ0v) is 13.3. The molecule has 3 nitrogen and oxygen atoms in total. The number of hydrogen-bond donors (Lipinski definition) is 1. The standard InChI is InChI=1S/C16H31NO2/c1-12-9-7-6-8-10-17(12)11-13-14(18)16(4,5)19-15(13,2)3/h12-14,18H,6-11H2,1-5H3. The zero-order chi connectivity index (χ0) is 14.3. The maximum atomic E-state index is 10.6. The second-order valence-corrected chi connectivity index (χ2v) is 7.55. The Morgan fingerprint density at radius 1 is 1.11 bits per heavy atom. The predicted octanol–water partition coefficient (Wildman–Crippen LogP) is 2.82. The SMILES string of the molecule is CC1CCCCCN1CC1C(O)C(C)(C)OC1(C)C. The van der Waals surface area contributed by atoms with Gasteiger partial charge in [0.25, 0.3) is 0 Å². The first-order valence-electron chi connectivity index (χ1n) is 7.86. The van der Waals surface area contributed by atoms with Gasteiger partial charge in [0.1, 0.15) is 0 Å². The van der Waals surface area contributed by atoms with Gasteiger partial charge in [0, 0.05) is 18.5 Å². The Kier molecular flexibility index (Phi) is 4.29. The van der Waals surface area contributed by atoms with E-state index in [1.807, 2.05) is 13.8 Å². The molecule has 0 aromatic carbocycles. The summed E-state index contributed by atoms with van der Waals surface area (Å²) in [6.45, 7) is 12.7. The molecule has 0 spiro atoms. The largest absolute Gasteiger partial charge is 0.390 e. The van der Waals surface area contributed by atoms with E-state index in [2.05, 4.69) is 25.7 Å². The number of rotatable bonds is 2. The van der Waals surface area contributed by atoms with Crippen LogP contribution >= 0.6 is 0 Å². The van der Waals surface area contributed by atoms with Crippen LogP contribution in [0.15, 0.2) is 0 Å². The van der Waals surface area contributed by atoms with E-state index in [1.54, 1.807) is 0 Å². The summed E-state index contributed by atoms with van der Waals surface area (Å²) in [5.41, 5.74) is -0.668. The zero-order valence-electron chi connectivity index (χ0n) is 13.3. The lowest BCUT2D eigenvalue weighted by Gasteiger charge is -2.35. The molecule has 112 valence electrons. The number of ether oxygens (including phenoxy) is 1. The molecule has 2 saturated heterocycles. The van der Waals surface area contributed by atoms with Crippen LogP contribution in [0.3, 0.4) is 0 Å². The van der Waals surface area contributed by atoms with Gasteiger partial charge in [0.15, 0.2) is 0 Å². The normalized spacial score (nSPS) is 39.2. The van der Waals surface area contributed by atoms with E-state index in [4.69, 9.17) is 4.74 Å². The quantitative estimate of drug-likeness (QED) is 0.836. The summed E-state index contributed by atoms with van der Waals surface area (Å²) < 4.78 is 6.09. The van der Waals surface area contributed by atoms with Gasteiger partial charge in [-0.1, -0.05) is 12.8 Å². The Labute approximate surface area is 118 Å². The van der Waals surface area contributed by atoms with Gasteiger partial charge in [0.2, 0.25) is 0 Å². The van der Waals surface area contributed by atoms with Crippen LogP contribution in [0.4, 0.5) is 0 Å². The minimum Gasteiger partial charge on any atom is -0.390 e. The van der Waals surface area contributed by atoms with E-state index in [9.17, 15) is 5.11 Å². The Morgan fingerprint density at radius 2 is 1.79 bits per heavy atom. The summed E-state index contributed by atoms with van der Waals surface area (Å²) in [5.74, 6) is 0.197. The summed E-state index contributed by atoms with van der Waals surface area (Å²) in [5, 5.41) is 10.6. The Bertz CT molecular complexity index is 314. The van der Waals surface area contributed by atoms with Crippen molar-refractivity contribution >= 4 is 0 Å². The molecule has 1 N–H and O–H groups in total. The minimum atomic E-state index is -0.427. The molecule has 3 heteroatoms. The van der Waals surface area contributed by atoms with E-state index in [1.165, 1.54) is 32.2 Å². The predicted molar refractivity (Wildman–Crippen MR) is 78.2 cm³/mol. The van der Waals surface area contributed by atoms with E-state index in [0.29, 0.717) is 6.04 Å². The number of nitrogens with zero attached hydrogens (tertiary/aromatic N) is 1. The molecule has 2 fully saturated rings. The van der Waals surface area contributed by atoms with Crippen molar-refractivity contribution in [2.75, 3.05) is 13.1 Å². The lowest BCUT2D eigenvalue weighted by molar-refractivity contribution is -0.0915. The molecule has 2 heterocycles. The van der Waals surface area contributed by atoms with Crippen molar-refractivity contribution in [2.45, 2.75) is 83.6 Å². The topological polar surface area (TPSA) is 32.7 Å². The van der Waals surface area contributed by atoms with Gasteiger partial charge in [-0.05, 0) is 54.0 Å². The van der Waals surface area contributed by atoms with Crippen LogP contribution in [0.5, 0.6) is 0 Å². The first kappa shape index (κ1) is 15.3. The highest BCUT2D eigenvalue weighted by Crippen LogP contribution is 2.43. The Hall–Kier alpha value is -0.120. The van der Waals surface area contributed by atoms with Gasteiger partial charge < -0.3 is 14.7 Å². The highest BCUT2D eigenvalue weighted by molar-refractivity contribution is 5.02. The highest BCUT2D eigenvalue weighted by Gasteiger charge is 2.53. The molecular formula is C16H31NO2. The summed E-state index contributed by atoms with van der Waals surface area (Å²) >= 11 is 0. The highest BCUT2D eigenvalue weighted by atomic mass is 16.5. The summed E-state index contributed by atoms with van der Waals surface area (Å²) in [7, 11) is 0.